The average molecular weight is 570 g/mol. The average Bonchev–Trinajstić information content (AvgIpc) is 2.98. The van der Waals surface area contributed by atoms with Crippen molar-refractivity contribution in [2.75, 3.05) is 23.3 Å². The summed E-state index contributed by atoms with van der Waals surface area (Å²) in [6, 6.07) is 21.6. The molecule has 5 rings (SSSR count). The number of nitrogens with zero attached hydrogens (tertiary/aromatic N) is 2. The maximum atomic E-state index is 13.4. The second-order valence-corrected chi connectivity index (χ2v) is 12.2. The first kappa shape index (κ1) is 28.0. The summed E-state index contributed by atoms with van der Waals surface area (Å²) in [5, 5.41) is 12.2. The van der Waals surface area contributed by atoms with Crippen molar-refractivity contribution in [3.05, 3.63) is 107 Å². The Bertz CT molecular complexity index is 1710. The number of hydrogen-bond acceptors (Lipinski definition) is 6. The van der Waals surface area contributed by atoms with Crippen molar-refractivity contribution in [3.8, 4) is 11.3 Å². The van der Waals surface area contributed by atoms with Gasteiger partial charge in [0.1, 0.15) is 0 Å². The number of piperidine rings is 1. The summed E-state index contributed by atoms with van der Waals surface area (Å²) in [5.74, 6) is -1.96. The van der Waals surface area contributed by atoms with E-state index in [9.17, 15) is 23.1 Å². The number of pyridine rings is 1. The molecular formula is C32H31N3O5S. The van der Waals surface area contributed by atoms with Gasteiger partial charge in [-0.15, -0.1) is 0 Å². The summed E-state index contributed by atoms with van der Waals surface area (Å²) in [5.41, 5.74) is 4.92. The second kappa shape index (κ2) is 11.9. The van der Waals surface area contributed by atoms with Crippen LogP contribution < -0.4 is 10.2 Å². The molecule has 0 radical (unpaired) electrons. The number of aromatic nitrogens is 1. The lowest BCUT2D eigenvalue weighted by molar-refractivity contribution is 0.0696. The first-order chi connectivity index (χ1) is 19.7. The van der Waals surface area contributed by atoms with Crippen LogP contribution in [0.1, 0.15) is 51.1 Å². The number of sulfone groups is 1. The molecule has 1 aliphatic heterocycles. The van der Waals surface area contributed by atoms with Crippen molar-refractivity contribution in [2.24, 2.45) is 0 Å². The lowest BCUT2D eigenvalue weighted by Gasteiger charge is -2.29. The molecule has 0 aliphatic carbocycles. The molecule has 1 amide bonds. The van der Waals surface area contributed by atoms with Crippen LogP contribution in [0, 0.1) is 6.92 Å². The van der Waals surface area contributed by atoms with Crippen LogP contribution in [0.2, 0.25) is 0 Å². The number of benzene rings is 3. The fourth-order valence-electron chi connectivity index (χ4n) is 5.01. The lowest BCUT2D eigenvalue weighted by Crippen LogP contribution is -2.29. The summed E-state index contributed by atoms with van der Waals surface area (Å²) >= 11 is 0. The zero-order valence-corrected chi connectivity index (χ0v) is 23.5. The Morgan fingerprint density at radius 3 is 2.41 bits per heavy atom. The van der Waals surface area contributed by atoms with E-state index in [-0.39, 0.29) is 22.1 Å². The van der Waals surface area contributed by atoms with E-state index < -0.39 is 15.8 Å². The fourth-order valence-corrected chi connectivity index (χ4v) is 6.39. The SMILES string of the molecule is Cc1ccnc(-c2cc(N3CCCCC3)ccc2NC(=O)c2cccc(CS(=O)(=O)c3cccc(C(=O)O)c3)c2)c1. The third kappa shape index (κ3) is 6.63. The van der Waals surface area contributed by atoms with E-state index in [0.29, 0.717) is 16.8 Å². The van der Waals surface area contributed by atoms with Gasteiger partial charge in [0.25, 0.3) is 5.91 Å². The topological polar surface area (TPSA) is 117 Å². The van der Waals surface area contributed by atoms with E-state index >= 15 is 0 Å². The van der Waals surface area contributed by atoms with Gasteiger partial charge in [0.2, 0.25) is 0 Å². The summed E-state index contributed by atoms with van der Waals surface area (Å²) in [6.07, 6.45) is 5.27. The van der Waals surface area contributed by atoms with Gasteiger partial charge in [-0.2, -0.15) is 0 Å². The van der Waals surface area contributed by atoms with Crippen LogP contribution in [0.5, 0.6) is 0 Å². The molecule has 1 fully saturated rings. The molecular weight excluding hydrogens is 538 g/mol. The van der Waals surface area contributed by atoms with Crippen LogP contribution in [0.15, 0.2) is 90.0 Å². The van der Waals surface area contributed by atoms with E-state index in [0.717, 1.165) is 54.5 Å². The zero-order valence-electron chi connectivity index (χ0n) is 22.7. The van der Waals surface area contributed by atoms with Gasteiger partial charge < -0.3 is 15.3 Å². The fraction of sp³-hybridized carbons (Fsp3) is 0.219. The highest BCUT2D eigenvalue weighted by molar-refractivity contribution is 7.90. The van der Waals surface area contributed by atoms with Crippen LogP contribution in [-0.2, 0) is 15.6 Å². The largest absolute Gasteiger partial charge is 0.478 e. The Morgan fingerprint density at radius 2 is 1.66 bits per heavy atom. The van der Waals surface area contributed by atoms with Crippen molar-refractivity contribution in [1.82, 2.24) is 4.98 Å². The number of rotatable bonds is 8. The number of carbonyl (C=O) groups excluding carboxylic acids is 1. The highest BCUT2D eigenvalue weighted by Crippen LogP contribution is 2.33. The molecule has 8 nitrogen and oxygen atoms in total. The first-order valence-corrected chi connectivity index (χ1v) is 15.1. The number of amides is 1. The second-order valence-electron chi connectivity index (χ2n) is 10.2. The zero-order chi connectivity index (χ0) is 29.0. The van der Waals surface area contributed by atoms with Gasteiger partial charge in [0.15, 0.2) is 9.84 Å². The van der Waals surface area contributed by atoms with Crippen molar-refractivity contribution in [2.45, 2.75) is 36.8 Å². The molecule has 0 unspecified atom stereocenters. The molecule has 1 aliphatic rings. The Labute approximate surface area is 239 Å². The molecule has 2 heterocycles. The van der Waals surface area contributed by atoms with Crippen LogP contribution in [0.25, 0.3) is 11.3 Å². The van der Waals surface area contributed by atoms with Crippen molar-refractivity contribution < 1.29 is 23.1 Å². The third-order valence-electron chi connectivity index (χ3n) is 7.15. The van der Waals surface area contributed by atoms with Crippen molar-refractivity contribution >= 4 is 33.1 Å². The standard InChI is InChI=1S/C32H31N3O5S/c1-22-13-14-33-30(17-22)28-20-26(35-15-3-2-4-16-35)11-12-29(28)34-31(36)24-8-5-7-23(18-24)21-41(39,40)27-10-6-9-25(19-27)32(37)38/h5-14,17-20H,2-4,15-16,21H2,1H3,(H,34,36)(H,37,38). The van der Waals surface area contributed by atoms with Gasteiger partial charge in [0, 0.05) is 36.1 Å². The van der Waals surface area contributed by atoms with Gasteiger partial charge in [-0.3, -0.25) is 9.78 Å². The number of nitrogens with one attached hydrogen (secondary N) is 1. The Balaban J connectivity index is 1.41. The molecule has 2 N–H and O–H groups in total. The predicted molar refractivity (Wildman–Crippen MR) is 159 cm³/mol. The Morgan fingerprint density at radius 1 is 0.902 bits per heavy atom. The Kier molecular flexibility index (Phi) is 8.16. The maximum Gasteiger partial charge on any atom is 0.335 e. The van der Waals surface area contributed by atoms with E-state index in [1.807, 2.05) is 31.2 Å². The van der Waals surface area contributed by atoms with E-state index in [2.05, 4.69) is 21.3 Å². The molecule has 41 heavy (non-hydrogen) atoms. The molecule has 0 atom stereocenters. The molecule has 0 saturated carbocycles. The summed E-state index contributed by atoms with van der Waals surface area (Å²) < 4.78 is 26.1. The minimum Gasteiger partial charge on any atom is -0.478 e. The van der Waals surface area contributed by atoms with E-state index in [1.165, 1.54) is 24.6 Å². The van der Waals surface area contributed by atoms with E-state index in [1.54, 1.807) is 30.5 Å². The van der Waals surface area contributed by atoms with Gasteiger partial charge in [-0.05, 0) is 98.0 Å². The minimum atomic E-state index is -3.84. The molecule has 3 aromatic carbocycles. The van der Waals surface area contributed by atoms with E-state index in [4.69, 9.17) is 0 Å². The number of hydrogen-bond donors (Lipinski definition) is 2. The first-order valence-electron chi connectivity index (χ1n) is 13.5. The molecule has 0 bridgehead atoms. The normalized spacial score (nSPS) is 13.5. The molecule has 4 aromatic rings. The van der Waals surface area contributed by atoms with Crippen LogP contribution >= 0.6 is 0 Å². The number of carboxylic acids is 1. The van der Waals surface area contributed by atoms with Gasteiger partial charge in [0.05, 0.1) is 27.6 Å². The quantitative estimate of drug-likeness (QED) is 0.268. The maximum absolute atomic E-state index is 13.4. The van der Waals surface area contributed by atoms with Crippen molar-refractivity contribution in [1.29, 1.82) is 0 Å². The number of aryl methyl sites for hydroxylation is 1. The van der Waals surface area contributed by atoms with Gasteiger partial charge in [-0.25, -0.2) is 13.2 Å². The number of aromatic carboxylic acids is 1. The van der Waals surface area contributed by atoms with Crippen LogP contribution in [0.3, 0.4) is 0 Å². The number of carbonyl (C=O) groups is 2. The highest BCUT2D eigenvalue weighted by atomic mass is 32.2. The highest BCUT2D eigenvalue weighted by Gasteiger charge is 2.20. The lowest BCUT2D eigenvalue weighted by atomic mass is 10.0. The monoisotopic (exact) mass is 569 g/mol. The summed E-state index contributed by atoms with van der Waals surface area (Å²) in [4.78, 5) is 31.5. The van der Waals surface area contributed by atoms with Crippen LogP contribution in [0.4, 0.5) is 11.4 Å². The molecule has 0 spiro atoms. The number of anilines is 2. The smallest absolute Gasteiger partial charge is 0.335 e. The summed E-state index contributed by atoms with van der Waals surface area (Å²) in [6.45, 7) is 3.97. The summed E-state index contributed by atoms with van der Waals surface area (Å²) in [7, 11) is -3.84. The Hall–Kier alpha value is -4.50. The van der Waals surface area contributed by atoms with Gasteiger partial charge in [-0.1, -0.05) is 18.2 Å². The predicted octanol–water partition coefficient (Wildman–Crippen LogP) is 5.97. The molecule has 9 heteroatoms. The van der Waals surface area contributed by atoms with Crippen molar-refractivity contribution in [3.63, 3.8) is 0 Å². The molecule has 1 aromatic heterocycles. The molecule has 1 saturated heterocycles. The number of carboxylic acid groups (broad SMARTS) is 1. The van der Waals surface area contributed by atoms with Gasteiger partial charge >= 0.3 is 5.97 Å². The van der Waals surface area contributed by atoms with Crippen LogP contribution in [-0.4, -0.2) is 43.5 Å². The minimum absolute atomic E-state index is 0.0867. The third-order valence-corrected chi connectivity index (χ3v) is 8.84. The molecule has 210 valence electrons.